The predicted octanol–water partition coefficient (Wildman–Crippen LogP) is 2.75. The normalized spacial score (nSPS) is 9.83. The van der Waals surface area contributed by atoms with Crippen LogP contribution in [0.4, 0.5) is 0 Å². The van der Waals surface area contributed by atoms with Crippen LogP contribution in [0.25, 0.3) is 11.4 Å². The number of nitrogens with zero attached hydrogens (tertiary/aromatic N) is 3. The molecule has 2 rings (SSSR count). The van der Waals surface area contributed by atoms with Crippen molar-refractivity contribution in [1.29, 1.82) is 10.5 Å². The summed E-state index contributed by atoms with van der Waals surface area (Å²) >= 11 is 0. The number of hydrogen-bond acceptors (Lipinski definition) is 3. The minimum absolute atomic E-state index is 0.145. The van der Waals surface area contributed by atoms with E-state index in [9.17, 15) is 0 Å². The Kier molecular flexibility index (Phi) is 2.87. The first-order valence-electron chi connectivity index (χ1n) is 5.55. The summed E-state index contributed by atoms with van der Waals surface area (Å²) in [6, 6.07) is 7.99. The summed E-state index contributed by atoms with van der Waals surface area (Å²) < 4.78 is 0. The number of nitriles is 2. The minimum Gasteiger partial charge on any atom is -0.329 e. The molecule has 4 nitrogen and oxygen atoms in total. The number of hydrogen-bond donors (Lipinski definition) is 1. The summed E-state index contributed by atoms with van der Waals surface area (Å²) in [5, 5.41) is 17.8. The first kappa shape index (κ1) is 11.9. The summed E-state index contributed by atoms with van der Waals surface area (Å²) in [5.41, 5.74) is 4.66. The molecule has 1 N–H and O–H groups in total. The highest BCUT2D eigenvalue weighted by molar-refractivity contribution is 5.67. The molecule has 0 aliphatic heterocycles. The third kappa shape index (κ3) is 1.85. The first-order chi connectivity index (χ1) is 8.56. The molecular formula is C14H12N4. The quantitative estimate of drug-likeness (QED) is 0.827. The lowest BCUT2D eigenvalue weighted by molar-refractivity contribution is 1.23. The second-order valence-corrected chi connectivity index (χ2v) is 4.31. The molecule has 0 spiro atoms. The first-order valence-corrected chi connectivity index (χ1v) is 5.55. The van der Waals surface area contributed by atoms with E-state index in [-0.39, 0.29) is 11.4 Å². The minimum atomic E-state index is 0.145. The molecule has 2 aromatic rings. The molecule has 1 aromatic carbocycles. The maximum Gasteiger partial charge on any atom is 0.177 e. The monoisotopic (exact) mass is 236 g/mol. The molecule has 0 aliphatic carbocycles. The largest absolute Gasteiger partial charge is 0.329 e. The average molecular weight is 236 g/mol. The molecule has 0 amide bonds. The van der Waals surface area contributed by atoms with Crippen LogP contribution in [0.3, 0.4) is 0 Å². The molecular weight excluding hydrogens is 224 g/mol. The van der Waals surface area contributed by atoms with E-state index in [1.807, 2.05) is 32.9 Å². The van der Waals surface area contributed by atoms with Crippen molar-refractivity contribution in [3.63, 3.8) is 0 Å². The molecule has 0 saturated carbocycles. The Labute approximate surface area is 106 Å². The van der Waals surface area contributed by atoms with Crippen LogP contribution in [-0.2, 0) is 0 Å². The van der Waals surface area contributed by atoms with Gasteiger partial charge in [-0.2, -0.15) is 10.5 Å². The highest BCUT2D eigenvalue weighted by atomic mass is 14.9. The smallest absolute Gasteiger partial charge is 0.177 e. The molecule has 0 aliphatic rings. The van der Waals surface area contributed by atoms with Crippen molar-refractivity contribution in [2.75, 3.05) is 0 Å². The number of imidazole rings is 1. The van der Waals surface area contributed by atoms with Crippen LogP contribution in [0.1, 0.15) is 28.1 Å². The van der Waals surface area contributed by atoms with Crippen molar-refractivity contribution in [1.82, 2.24) is 9.97 Å². The number of rotatable bonds is 1. The number of aryl methyl sites for hydroxylation is 3. The van der Waals surface area contributed by atoms with E-state index >= 15 is 0 Å². The van der Waals surface area contributed by atoms with Crippen LogP contribution < -0.4 is 0 Å². The Bertz CT molecular complexity index is 641. The molecule has 0 saturated heterocycles. The van der Waals surface area contributed by atoms with Gasteiger partial charge in [-0.1, -0.05) is 17.7 Å². The van der Waals surface area contributed by atoms with E-state index < -0.39 is 0 Å². The van der Waals surface area contributed by atoms with E-state index in [0.29, 0.717) is 5.82 Å². The zero-order valence-electron chi connectivity index (χ0n) is 10.5. The Morgan fingerprint density at radius 3 is 2.11 bits per heavy atom. The van der Waals surface area contributed by atoms with Crippen molar-refractivity contribution >= 4 is 0 Å². The van der Waals surface area contributed by atoms with Crippen LogP contribution in [0, 0.1) is 43.4 Å². The van der Waals surface area contributed by atoms with Crippen LogP contribution in [-0.4, -0.2) is 9.97 Å². The number of aromatic amines is 1. The average Bonchev–Trinajstić information content (AvgIpc) is 2.70. The van der Waals surface area contributed by atoms with Gasteiger partial charge in [-0.05, 0) is 31.9 Å². The van der Waals surface area contributed by atoms with Gasteiger partial charge in [0.05, 0.1) is 0 Å². The van der Waals surface area contributed by atoms with Crippen molar-refractivity contribution in [2.24, 2.45) is 0 Å². The van der Waals surface area contributed by atoms with Gasteiger partial charge < -0.3 is 4.98 Å². The number of nitrogens with one attached hydrogen (secondary N) is 1. The van der Waals surface area contributed by atoms with Crippen LogP contribution in [0.15, 0.2) is 12.1 Å². The zero-order chi connectivity index (χ0) is 13.3. The maximum atomic E-state index is 8.92. The van der Waals surface area contributed by atoms with Gasteiger partial charge in [-0.25, -0.2) is 4.98 Å². The van der Waals surface area contributed by atoms with Crippen LogP contribution in [0.2, 0.25) is 0 Å². The summed E-state index contributed by atoms with van der Waals surface area (Å²) in [5.74, 6) is 0.582. The maximum absolute atomic E-state index is 8.92. The van der Waals surface area contributed by atoms with Gasteiger partial charge in [0.15, 0.2) is 11.4 Å². The van der Waals surface area contributed by atoms with Gasteiger partial charge in [-0.15, -0.1) is 0 Å². The third-order valence-electron chi connectivity index (χ3n) is 2.84. The summed E-state index contributed by atoms with van der Waals surface area (Å²) in [6.45, 7) is 6.03. The van der Waals surface area contributed by atoms with Crippen molar-refractivity contribution in [3.8, 4) is 23.5 Å². The Morgan fingerprint density at radius 1 is 1.06 bits per heavy atom. The molecule has 0 bridgehead atoms. The molecule has 1 aromatic heterocycles. The number of benzene rings is 1. The van der Waals surface area contributed by atoms with Gasteiger partial charge in [0.25, 0.3) is 0 Å². The van der Waals surface area contributed by atoms with Gasteiger partial charge in [0.2, 0.25) is 0 Å². The Morgan fingerprint density at radius 2 is 1.67 bits per heavy atom. The highest BCUT2D eigenvalue weighted by Crippen LogP contribution is 2.26. The second-order valence-electron chi connectivity index (χ2n) is 4.31. The lowest BCUT2D eigenvalue weighted by Gasteiger charge is -2.08. The molecule has 18 heavy (non-hydrogen) atoms. The Balaban J connectivity index is 2.68. The lowest BCUT2D eigenvalue weighted by Crippen LogP contribution is -1.91. The molecule has 0 unspecified atom stereocenters. The molecule has 4 heteroatoms. The second kappa shape index (κ2) is 4.35. The summed E-state index contributed by atoms with van der Waals surface area (Å²) in [7, 11) is 0. The molecule has 0 radical (unpaired) electrons. The SMILES string of the molecule is Cc1cc(C)c(-c2nc(C#N)c(C#N)[nH]2)c(C)c1. The Hall–Kier alpha value is -2.59. The topological polar surface area (TPSA) is 76.3 Å². The third-order valence-corrected chi connectivity index (χ3v) is 2.84. The lowest BCUT2D eigenvalue weighted by atomic mass is 9.99. The van der Waals surface area contributed by atoms with Crippen LogP contribution in [0.5, 0.6) is 0 Å². The molecule has 0 atom stereocenters. The van der Waals surface area contributed by atoms with Gasteiger partial charge in [0.1, 0.15) is 18.0 Å². The zero-order valence-corrected chi connectivity index (χ0v) is 10.5. The molecule has 0 fully saturated rings. The van der Waals surface area contributed by atoms with Crippen molar-refractivity contribution in [2.45, 2.75) is 20.8 Å². The number of aromatic nitrogens is 2. The van der Waals surface area contributed by atoms with Gasteiger partial charge in [0, 0.05) is 5.56 Å². The van der Waals surface area contributed by atoms with E-state index in [0.717, 1.165) is 16.7 Å². The van der Waals surface area contributed by atoms with E-state index in [1.54, 1.807) is 0 Å². The summed E-state index contributed by atoms with van der Waals surface area (Å²) in [4.78, 5) is 7.09. The van der Waals surface area contributed by atoms with Crippen molar-refractivity contribution < 1.29 is 0 Å². The van der Waals surface area contributed by atoms with Gasteiger partial charge in [-0.3, -0.25) is 0 Å². The standard InChI is InChI=1S/C14H12N4/c1-8-4-9(2)13(10(3)5-8)14-17-11(6-15)12(7-16)18-14/h4-5H,1-3H3,(H,17,18). The number of H-pyrrole nitrogens is 1. The van der Waals surface area contributed by atoms with Crippen molar-refractivity contribution in [3.05, 3.63) is 40.2 Å². The fourth-order valence-electron chi connectivity index (χ4n) is 2.21. The van der Waals surface area contributed by atoms with E-state index in [2.05, 4.69) is 22.1 Å². The predicted molar refractivity (Wildman–Crippen MR) is 67.7 cm³/mol. The fourth-order valence-corrected chi connectivity index (χ4v) is 2.21. The fraction of sp³-hybridized carbons (Fsp3) is 0.214. The van der Waals surface area contributed by atoms with E-state index in [4.69, 9.17) is 10.5 Å². The van der Waals surface area contributed by atoms with Crippen LogP contribution >= 0.6 is 0 Å². The van der Waals surface area contributed by atoms with E-state index in [1.165, 1.54) is 5.56 Å². The molecule has 88 valence electrons. The summed E-state index contributed by atoms with van der Waals surface area (Å²) in [6.07, 6.45) is 0. The molecule has 1 heterocycles. The van der Waals surface area contributed by atoms with Gasteiger partial charge >= 0.3 is 0 Å². The highest BCUT2D eigenvalue weighted by Gasteiger charge is 2.14.